The zero-order valence-corrected chi connectivity index (χ0v) is 13.9. The van der Waals surface area contributed by atoms with Crippen molar-refractivity contribution < 1.29 is 0 Å². The molecule has 2 aromatic carbocycles. The van der Waals surface area contributed by atoms with E-state index in [1.54, 1.807) is 0 Å². The first-order chi connectivity index (χ1) is 10.2. The second-order valence-corrected chi connectivity index (χ2v) is 6.78. The van der Waals surface area contributed by atoms with Gasteiger partial charge in [0.25, 0.3) is 0 Å². The van der Waals surface area contributed by atoms with E-state index in [4.69, 9.17) is 5.84 Å². The van der Waals surface area contributed by atoms with Crippen LogP contribution in [-0.4, -0.2) is 0 Å². The molecule has 1 aliphatic rings. The van der Waals surface area contributed by atoms with Gasteiger partial charge in [-0.25, -0.2) is 5.43 Å². The summed E-state index contributed by atoms with van der Waals surface area (Å²) in [6.07, 6.45) is 3.99. The third-order valence-corrected chi connectivity index (χ3v) is 5.14. The maximum Gasteiger partial charge on any atom is 0.0721 e. The van der Waals surface area contributed by atoms with Gasteiger partial charge in [0.05, 0.1) is 6.04 Å². The summed E-state index contributed by atoms with van der Waals surface area (Å²) in [6.45, 7) is 2.09. The third kappa shape index (κ3) is 3.05. The molecular weight excluding hydrogens is 324 g/mol. The highest BCUT2D eigenvalue weighted by Gasteiger charge is 2.21. The number of halogens is 1. The molecule has 1 fully saturated rings. The Kier molecular flexibility index (Phi) is 4.43. The molecule has 0 amide bonds. The lowest BCUT2D eigenvalue weighted by molar-refractivity contribution is 0.419. The first-order valence-electron chi connectivity index (χ1n) is 7.51. The van der Waals surface area contributed by atoms with Crippen molar-refractivity contribution in [1.82, 2.24) is 5.43 Å². The van der Waals surface area contributed by atoms with Gasteiger partial charge in [-0.2, -0.15) is 0 Å². The molecule has 21 heavy (non-hydrogen) atoms. The van der Waals surface area contributed by atoms with Crippen LogP contribution >= 0.6 is 15.9 Å². The largest absolute Gasteiger partial charge is 0.271 e. The van der Waals surface area contributed by atoms with Crippen molar-refractivity contribution in [3.05, 3.63) is 69.2 Å². The molecule has 0 saturated heterocycles. The maximum absolute atomic E-state index is 5.85. The maximum atomic E-state index is 5.85. The molecule has 0 aromatic heterocycles. The minimum Gasteiger partial charge on any atom is -0.271 e. The summed E-state index contributed by atoms with van der Waals surface area (Å²) in [5, 5.41) is 0. The van der Waals surface area contributed by atoms with Crippen LogP contribution in [0.4, 0.5) is 0 Å². The average molecular weight is 345 g/mol. The number of hydrazine groups is 1. The molecule has 1 atom stereocenters. The molecule has 3 N–H and O–H groups in total. The van der Waals surface area contributed by atoms with E-state index < -0.39 is 0 Å². The molecule has 0 bridgehead atoms. The Bertz CT molecular complexity index is 635. The Labute approximate surface area is 134 Å². The van der Waals surface area contributed by atoms with Gasteiger partial charge in [0, 0.05) is 4.47 Å². The van der Waals surface area contributed by atoms with Crippen LogP contribution in [0.25, 0.3) is 0 Å². The minimum absolute atomic E-state index is 0.0139. The fourth-order valence-electron chi connectivity index (χ4n) is 2.97. The van der Waals surface area contributed by atoms with Gasteiger partial charge in [0.2, 0.25) is 0 Å². The van der Waals surface area contributed by atoms with Crippen molar-refractivity contribution in [2.75, 3.05) is 0 Å². The molecule has 1 aliphatic carbocycles. The van der Waals surface area contributed by atoms with Gasteiger partial charge in [-0.05, 0) is 54.0 Å². The van der Waals surface area contributed by atoms with Crippen molar-refractivity contribution in [1.29, 1.82) is 0 Å². The predicted molar refractivity (Wildman–Crippen MR) is 91.1 cm³/mol. The van der Waals surface area contributed by atoms with Crippen molar-refractivity contribution in [2.45, 2.75) is 38.1 Å². The van der Waals surface area contributed by atoms with Gasteiger partial charge in [0.15, 0.2) is 0 Å². The standard InChI is InChI=1S/C18H21BrN2/c1-12-8-9-16(17(19)10-12)18(21-20)15-7-3-6-14(11-15)13-4-2-5-13/h3,6-11,13,18,21H,2,4-5,20H2,1H3. The average Bonchev–Trinajstić information content (AvgIpc) is 2.40. The summed E-state index contributed by atoms with van der Waals surface area (Å²) >= 11 is 3.66. The van der Waals surface area contributed by atoms with Gasteiger partial charge in [-0.1, -0.05) is 58.7 Å². The SMILES string of the molecule is Cc1ccc(C(NN)c2cccc(C3CCC3)c2)c(Br)c1. The van der Waals surface area contributed by atoms with Crippen molar-refractivity contribution in [2.24, 2.45) is 5.84 Å². The summed E-state index contributed by atoms with van der Waals surface area (Å²) in [4.78, 5) is 0. The summed E-state index contributed by atoms with van der Waals surface area (Å²) < 4.78 is 1.10. The third-order valence-electron chi connectivity index (χ3n) is 4.45. The van der Waals surface area contributed by atoms with Crippen LogP contribution in [0.5, 0.6) is 0 Å². The molecule has 0 radical (unpaired) electrons. The van der Waals surface area contributed by atoms with E-state index in [0.29, 0.717) is 0 Å². The van der Waals surface area contributed by atoms with Crippen LogP contribution in [0.1, 0.15) is 53.5 Å². The van der Waals surface area contributed by atoms with Crippen LogP contribution in [-0.2, 0) is 0 Å². The molecule has 0 spiro atoms. The Balaban J connectivity index is 1.95. The molecule has 1 saturated carbocycles. The topological polar surface area (TPSA) is 38.0 Å². The zero-order chi connectivity index (χ0) is 14.8. The summed E-state index contributed by atoms with van der Waals surface area (Å²) in [5.41, 5.74) is 8.06. The molecule has 1 unspecified atom stereocenters. The second kappa shape index (κ2) is 6.30. The number of hydrogen-bond donors (Lipinski definition) is 2. The molecule has 3 rings (SSSR count). The van der Waals surface area contributed by atoms with Crippen molar-refractivity contribution in [3.63, 3.8) is 0 Å². The van der Waals surface area contributed by atoms with Gasteiger partial charge >= 0.3 is 0 Å². The summed E-state index contributed by atoms with van der Waals surface area (Å²) in [5.74, 6) is 6.59. The molecule has 110 valence electrons. The van der Waals surface area contributed by atoms with E-state index in [1.165, 1.54) is 41.5 Å². The first-order valence-corrected chi connectivity index (χ1v) is 8.30. The number of nitrogens with one attached hydrogen (secondary N) is 1. The first kappa shape index (κ1) is 14.8. The zero-order valence-electron chi connectivity index (χ0n) is 12.3. The number of benzene rings is 2. The lowest BCUT2D eigenvalue weighted by atomic mass is 9.79. The lowest BCUT2D eigenvalue weighted by Gasteiger charge is -2.27. The monoisotopic (exact) mass is 344 g/mol. The Morgan fingerprint density at radius 1 is 1.19 bits per heavy atom. The number of aryl methyl sites for hydroxylation is 1. The van der Waals surface area contributed by atoms with E-state index in [0.717, 1.165) is 10.4 Å². The minimum atomic E-state index is 0.0139. The van der Waals surface area contributed by atoms with Gasteiger partial charge in [-0.3, -0.25) is 5.84 Å². The Morgan fingerprint density at radius 2 is 2.00 bits per heavy atom. The smallest absolute Gasteiger partial charge is 0.0721 e. The van der Waals surface area contributed by atoms with Gasteiger partial charge in [0.1, 0.15) is 0 Å². The number of nitrogens with two attached hydrogens (primary N) is 1. The highest BCUT2D eigenvalue weighted by Crippen LogP contribution is 2.38. The highest BCUT2D eigenvalue weighted by atomic mass is 79.9. The molecular formula is C18H21BrN2. The van der Waals surface area contributed by atoms with Crippen LogP contribution in [0.3, 0.4) is 0 Å². The molecule has 3 heteroatoms. The summed E-state index contributed by atoms with van der Waals surface area (Å²) in [6, 6.07) is 15.3. The number of rotatable bonds is 4. The van der Waals surface area contributed by atoms with Crippen molar-refractivity contribution in [3.8, 4) is 0 Å². The van der Waals surface area contributed by atoms with E-state index in [2.05, 4.69) is 70.7 Å². The van der Waals surface area contributed by atoms with Crippen LogP contribution in [0.15, 0.2) is 46.9 Å². The van der Waals surface area contributed by atoms with Gasteiger partial charge in [-0.15, -0.1) is 0 Å². The van der Waals surface area contributed by atoms with E-state index >= 15 is 0 Å². The van der Waals surface area contributed by atoms with E-state index in [1.807, 2.05) is 0 Å². The fourth-order valence-corrected chi connectivity index (χ4v) is 3.69. The van der Waals surface area contributed by atoms with Gasteiger partial charge < -0.3 is 0 Å². The summed E-state index contributed by atoms with van der Waals surface area (Å²) in [7, 11) is 0. The van der Waals surface area contributed by atoms with Crippen molar-refractivity contribution >= 4 is 15.9 Å². The van der Waals surface area contributed by atoms with Crippen LogP contribution < -0.4 is 11.3 Å². The number of hydrogen-bond acceptors (Lipinski definition) is 2. The Morgan fingerprint density at radius 3 is 2.62 bits per heavy atom. The normalized spacial score (nSPS) is 16.5. The predicted octanol–water partition coefficient (Wildman–Crippen LogP) is 4.58. The van der Waals surface area contributed by atoms with E-state index in [9.17, 15) is 0 Å². The molecule has 0 heterocycles. The second-order valence-electron chi connectivity index (χ2n) is 5.92. The fraction of sp³-hybridized carbons (Fsp3) is 0.333. The molecule has 2 nitrogen and oxygen atoms in total. The van der Waals surface area contributed by atoms with E-state index in [-0.39, 0.29) is 6.04 Å². The quantitative estimate of drug-likeness (QED) is 0.629. The lowest BCUT2D eigenvalue weighted by Crippen LogP contribution is -2.29. The molecule has 0 aliphatic heterocycles. The van der Waals surface area contributed by atoms with Crippen LogP contribution in [0, 0.1) is 6.92 Å². The molecule has 2 aromatic rings. The highest BCUT2D eigenvalue weighted by molar-refractivity contribution is 9.10. The Hall–Kier alpha value is -1.16. The van der Waals surface area contributed by atoms with Crippen LogP contribution in [0.2, 0.25) is 0 Å².